The number of allylic oxidation sites excluding steroid dienone is 1. The lowest BCUT2D eigenvalue weighted by Crippen LogP contribution is -2.53. The van der Waals surface area contributed by atoms with Crippen molar-refractivity contribution in [3.05, 3.63) is 35.4 Å². The maximum absolute atomic E-state index is 11.4. The minimum absolute atomic E-state index is 0.301. The second-order valence-corrected chi connectivity index (χ2v) is 5.89. The van der Waals surface area contributed by atoms with Crippen LogP contribution in [0.4, 0.5) is 5.69 Å². The largest absolute Gasteiger partial charge is 0.480 e. The topological polar surface area (TPSA) is 40.5 Å². The van der Waals surface area contributed by atoms with Gasteiger partial charge in [0.2, 0.25) is 0 Å². The van der Waals surface area contributed by atoms with E-state index in [0.717, 1.165) is 11.3 Å². The molecule has 1 unspecified atom stereocenters. The second kappa shape index (κ2) is 4.41. The van der Waals surface area contributed by atoms with E-state index in [2.05, 4.69) is 39.8 Å². The lowest BCUT2D eigenvalue weighted by atomic mass is 9.87. The summed E-state index contributed by atoms with van der Waals surface area (Å²) in [4.78, 5) is 13.4. The van der Waals surface area contributed by atoms with Gasteiger partial charge >= 0.3 is 5.97 Å². The number of aliphatic carboxylic acids is 1. The first kappa shape index (κ1) is 13.7. The third-order valence-corrected chi connectivity index (χ3v) is 3.77. The number of rotatable bonds is 2. The van der Waals surface area contributed by atoms with Crippen molar-refractivity contribution in [2.75, 3.05) is 4.90 Å². The number of hydrogen-bond donors (Lipinski definition) is 1. The summed E-state index contributed by atoms with van der Waals surface area (Å²) in [5, 5.41) is 9.35. The third kappa shape index (κ3) is 2.25. The van der Waals surface area contributed by atoms with Gasteiger partial charge in [0.05, 0.1) is 5.54 Å². The van der Waals surface area contributed by atoms with Gasteiger partial charge in [-0.3, -0.25) is 0 Å². The predicted octanol–water partition coefficient (Wildman–Crippen LogP) is 3.47. The Hall–Kier alpha value is -1.77. The monoisotopic (exact) mass is 259 g/mol. The molecule has 1 N–H and O–H groups in total. The van der Waals surface area contributed by atoms with Crippen molar-refractivity contribution in [3.8, 4) is 0 Å². The van der Waals surface area contributed by atoms with Crippen molar-refractivity contribution < 1.29 is 9.90 Å². The first-order chi connectivity index (χ1) is 8.74. The minimum atomic E-state index is -0.799. The molecule has 1 aliphatic rings. The van der Waals surface area contributed by atoms with E-state index >= 15 is 0 Å². The van der Waals surface area contributed by atoms with E-state index in [1.807, 2.05) is 17.0 Å². The van der Waals surface area contributed by atoms with E-state index in [-0.39, 0.29) is 5.54 Å². The number of hydrogen-bond acceptors (Lipinski definition) is 2. The maximum Gasteiger partial charge on any atom is 0.326 e. The number of benzene rings is 1. The van der Waals surface area contributed by atoms with Crippen LogP contribution >= 0.6 is 0 Å². The molecule has 19 heavy (non-hydrogen) atoms. The number of anilines is 1. The maximum atomic E-state index is 11.4. The molecule has 102 valence electrons. The van der Waals surface area contributed by atoms with E-state index < -0.39 is 12.0 Å². The van der Waals surface area contributed by atoms with Gasteiger partial charge in [-0.05, 0) is 52.3 Å². The fraction of sp³-hybridized carbons (Fsp3) is 0.438. The molecule has 0 fully saturated rings. The molecule has 0 spiro atoms. The molecule has 0 aliphatic carbocycles. The summed E-state index contributed by atoms with van der Waals surface area (Å²) in [6.07, 6.45) is 2.15. The Kier molecular flexibility index (Phi) is 3.17. The molecule has 1 aliphatic heterocycles. The van der Waals surface area contributed by atoms with E-state index in [4.69, 9.17) is 0 Å². The van der Waals surface area contributed by atoms with Crippen LogP contribution in [-0.2, 0) is 4.79 Å². The zero-order valence-electron chi connectivity index (χ0n) is 12.2. The van der Waals surface area contributed by atoms with E-state index in [1.165, 1.54) is 11.1 Å². The van der Waals surface area contributed by atoms with Crippen LogP contribution in [0.5, 0.6) is 0 Å². The number of carboxylic acids is 1. The Morgan fingerprint density at radius 3 is 2.53 bits per heavy atom. The molecule has 3 nitrogen and oxygen atoms in total. The lowest BCUT2D eigenvalue weighted by molar-refractivity contribution is -0.138. The molecule has 2 rings (SSSR count). The second-order valence-electron chi connectivity index (χ2n) is 5.89. The number of fused-ring (bicyclic) bond motifs is 1. The zero-order valence-corrected chi connectivity index (χ0v) is 12.2. The number of carboxylic acid groups (broad SMARTS) is 1. The van der Waals surface area contributed by atoms with Gasteiger partial charge in [0.15, 0.2) is 0 Å². The average Bonchev–Trinajstić information content (AvgIpc) is 2.28. The molecule has 0 saturated carbocycles. The van der Waals surface area contributed by atoms with E-state index in [1.54, 1.807) is 6.92 Å². The summed E-state index contributed by atoms with van der Waals surface area (Å²) in [7, 11) is 0. The van der Waals surface area contributed by atoms with E-state index in [9.17, 15) is 9.90 Å². The van der Waals surface area contributed by atoms with Gasteiger partial charge in [-0.2, -0.15) is 0 Å². The fourth-order valence-electron chi connectivity index (χ4n) is 2.98. The highest BCUT2D eigenvalue weighted by Gasteiger charge is 2.36. The molecule has 0 aromatic heterocycles. The normalized spacial score (nSPS) is 18.6. The SMILES string of the molecule is CC1=CC(C)(C)N(C(C)C(=O)O)c2ccc(C)cc21. The van der Waals surface area contributed by atoms with Crippen LogP contribution in [0.3, 0.4) is 0 Å². The van der Waals surface area contributed by atoms with E-state index in [0.29, 0.717) is 0 Å². The molecule has 1 heterocycles. The van der Waals surface area contributed by atoms with Gasteiger partial charge in [-0.25, -0.2) is 4.79 Å². The summed E-state index contributed by atoms with van der Waals surface area (Å²) >= 11 is 0. The van der Waals surface area contributed by atoms with Gasteiger partial charge in [0.1, 0.15) is 6.04 Å². The van der Waals surface area contributed by atoms with Gasteiger partial charge in [0.25, 0.3) is 0 Å². The molecule has 1 aromatic rings. The summed E-state index contributed by atoms with van der Waals surface area (Å²) in [6.45, 7) is 9.99. The molecule has 0 radical (unpaired) electrons. The summed E-state index contributed by atoms with van der Waals surface area (Å²) < 4.78 is 0. The molecule has 3 heteroatoms. The molecule has 1 aromatic carbocycles. The first-order valence-electron chi connectivity index (χ1n) is 6.56. The highest BCUT2D eigenvalue weighted by atomic mass is 16.4. The summed E-state index contributed by atoms with van der Waals surface area (Å²) in [6, 6.07) is 5.64. The molecule has 0 saturated heterocycles. The van der Waals surface area contributed by atoms with Crippen LogP contribution in [0.15, 0.2) is 24.3 Å². The highest BCUT2D eigenvalue weighted by Crippen LogP contribution is 2.40. The summed E-state index contributed by atoms with van der Waals surface area (Å²) in [5.74, 6) is -0.799. The summed E-state index contributed by atoms with van der Waals surface area (Å²) in [5.41, 5.74) is 4.23. The molecule has 0 amide bonds. The minimum Gasteiger partial charge on any atom is -0.480 e. The molecular formula is C16H21NO2. The van der Waals surface area contributed by atoms with Gasteiger partial charge in [-0.15, -0.1) is 0 Å². The lowest BCUT2D eigenvalue weighted by Gasteiger charge is -2.45. The van der Waals surface area contributed by atoms with Crippen molar-refractivity contribution in [1.29, 1.82) is 0 Å². The molecular weight excluding hydrogens is 238 g/mol. The van der Waals surface area contributed by atoms with Crippen LogP contribution in [0, 0.1) is 6.92 Å². The number of aryl methyl sites for hydroxylation is 1. The average molecular weight is 259 g/mol. The van der Waals surface area contributed by atoms with Gasteiger partial charge in [0, 0.05) is 11.3 Å². The van der Waals surface area contributed by atoms with Crippen molar-refractivity contribution in [2.24, 2.45) is 0 Å². The Morgan fingerprint density at radius 2 is 1.95 bits per heavy atom. The number of nitrogens with zero attached hydrogens (tertiary/aromatic N) is 1. The molecule has 0 bridgehead atoms. The predicted molar refractivity (Wildman–Crippen MR) is 78.5 cm³/mol. The molecule has 1 atom stereocenters. The Labute approximate surface area is 114 Å². The van der Waals surface area contributed by atoms with Crippen molar-refractivity contribution >= 4 is 17.2 Å². The standard InChI is InChI=1S/C16H21NO2/c1-10-6-7-14-13(8-10)11(2)9-16(4,5)17(14)12(3)15(18)19/h6-9,12H,1-5H3,(H,18,19). The van der Waals surface area contributed by atoms with Crippen molar-refractivity contribution in [1.82, 2.24) is 0 Å². The Balaban J connectivity index is 2.64. The quantitative estimate of drug-likeness (QED) is 0.884. The number of carbonyl (C=O) groups is 1. The van der Waals surface area contributed by atoms with Crippen LogP contribution in [0.1, 0.15) is 38.8 Å². The van der Waals surface area contributed by atoms with Crippen molar-refractivity contribution in [2.45, 2.75) is 46.2 Å². The van der Waals surface area contributed by atoms with Gasteiger partial charge in [-0.1, -0.05) is 17.7 Å². The van der Waals surface area contributed by atoms with Crippen molar-refractivity contribution in [3.63, 3.8) is 0 Å². The van der Waals surface area contributed by atoms with Crippen LogP contribution in [0.25, 0.3) is 5.57 Å². The smallest absolute Gasteiger partial charge is 0.326 e. The van der Waals surface area contributed by atoms with Crippen LogP contribution < -0.4 is 4.90 Å². The first-order valence-corrected chi connectivity index (χ1v) is 6.56. The van der Waals surface area contributed by atoms with Crippen LogP contribution in [-0.4, -0.2) is 22.7 Å². The Morgan fingerprint density at radius 1 is 1.32 bits per heavy atom. The highest BCUT2D eigenvalue weighted by molar-refractivity contribution is 5.86. The third-order valence-electron chi connectivity index (χ3n) is 3.77. The van der Waals surface area contributed by atoms with Crippen LogP contribution in [0.2, 0.25) is 0 Å². The Bertz CT molecular complexity index is 558. The van der Waals surface area contributed by atoms with Gasteiger partial charge < -0.3 is 10.0 Å². The fourth-order valence-corrected chi connectivity index (χ4v) is 2.98. The zero-order chi connectivity index (χ0) is 14.4.